The van der Waals surface area contributed by atoms with Crippen LogP contribution in [-0.2, 0) is 12.7 Å². The van der Waals surface area contributed by atoms with E-state index in [1.165, 1.54) is 22.8 Å². The van der Waals surface area contributed by atoms with E-state index in [4.69, 9.17) is 5.11 Å². The number of hydrogen-bond acceptors (Lipinski definition) is 4. The molecule has 0 spiro atoms. The van der Waals surface area contributed by atoms with E-state index in [0.717, 1.165) is 12.1 Å². The highest BCUT2D eigenvalue weighted by molar-refractivity contribution is 5.77. The molecule has 2 aromatic heterocycles. The number of hydrogen-bond donors (Lipinski definition) is 3. The number of rotatable bonds is 4. The highest BCUT2D eigenvalue weighted by Crippen LogP contribution is 2.30. The lowest BCUT2D eigenvalue weighted by Gasteiger charge is -2.10. The van der Waals surface area contributed by atoms with E-state index in [9.17, 15) is 23.1 Å². The van der Waals surface area contributed by atoms with Gasteiger partial charge >= 0.3 is 6.18 Å². The Morgan fingerprint density at radius 3 is 2.48 bits per heavy atom. The van der Waals surface area contributed by atoms with E-state index in [0.29, 0.717) is 5.56 Å². The van der Waals surface area contributed by atoms with Gasteiger partial charge in [0.2, 0.25) is 0 Å². The summed E-state index contributed by atoms with van der Waals surface area (Å²) in [5.74, 6) is 0.115. The Balaban J connectivity index is 2.05. The van der Waals surface area contributed by atoms with Crippen molar-refractivity contribution in [3.63, 3.8) is 0 Å². The fourth-order valence-corrected chi connectivity index (χ4v) is 2.46. The van der Waals surface area contributed by atoms with Crippen LogP contribution in [0, 0.1) is 0 Å². The van der Waals surface area contributed by atoms with Crippen LogP contribution in [0.1, 0.15) is 5.56 Å². The molecule has 0 saturated carbocycles. The molecule has 0 radical (unpaired) electrons. The van der Waals surface area contributed by atoms with Gasteiger partial charge in [-0.2, -0.15) is 13.2 Å². The maximum absolute atomic E-state index is 12.6. The molecule has 0 amide bonds. The van der Waals surface area contributed by atoms with Crippen molar-refractivity contribution in [1.82, 2.24) is 14.5 Å². The van der Waals surface area contributed by atoms with Gasteiger partial charge in [-0.05, 0) is 18.2 Å². The molecule has 0 aliphatic heterocycles. The van der Waals surface area contributed by atoms with Crippen molar-refractivity contribution in [3.05, 3.63) is 52.4 Å². The van der Waals surface area contributed by atoms with E-state index in [1.54, 1.807) is 6.20 Å². The average molecular weight is 353 g/mol. The van der Waals surface area contributed by atoms with Gasteiger partial charge in [-0.25, -0.2) is 4.98 Å². The number of halogens is 3. The lowest BCUT2D eigenvalue weighted by molar-refractivity contribution is -0.137. The van der Waals surface area contributed by atoms with Crippen LogP contribution in [0.15, 0.2) is 41.3 Å². The largest absolute Gasteiger partial charge is 0.416 e. The maximum atomic E-state index is 12.6. The topological polar surface area (TPSA) is 91.1 Å². The Hall–Kier alpha value is -2.65. The van der Waals surface area contributed by atoms with E-state index >= 15 is 0 Å². The van der Waals surface area contributed by atoms with Crippen molar-refractivity contribution in [2.75, 3.05) is 6.61 Å². The Kier molecular flexibility index (Phi) is 4.36. The van der Waals surface area contributed by atoms with Gasteiger partial charge in [-0.1, -0.05) is 12.1 Å². The normalized spacial score (nSPS) is 13.3. The molecule has 0 bridgehead atoms. The quantitative estimate of drug-likeness (QED) is 0.667. The lowest BCUT2D eigenvalue weighted by atomic mass is 10.1. The number of aliphatic hydroxyl groups excluding tert-OH is 2. The number of H-pyrrole nitrogens is 1. The molecule has 0 aliphatic rings. The molecule has 2 heterocycles. The predicted molar refractivity (Wildman–Crippen MR) is 83.9 cm³/mol. The van der Waals surface area contributed by atoms with Crippen LogP contribution in [0.4, 0.5) is 13.2 Å². The Bertz CT molecular complexity index is 945. The zero-order valence-electron chi connectivity index (χ0n) is 12.8. The molecule has 132 valence electrons. The van der Waals surface area contributed by atoms with Gasteiger partial charge < -0.3 is 19.8 Å². The molecule has 25 heavy (non-hydrogen) atoms. The first kappa shape index (κ1) is 17.2. The molecule has 1 unspecified atom stereocenters. The summed E-state index contributed by atoms with van der Waals surface area (Å²) in [6.07, 6.45) is -3.92. The Labute approximate surface area is 139 Å². The van der Waals surface area contributed by atoms with Gasteiger partial charge in [-0.15, -0.1) is 0 Å². The van der Waals surface area contributed by atoms with Crippen molar-refractivity contribution >= 4 is 11.0 Å². The van der Waals surface area contributed by atoms with Gasteiger partial charge in [0.15, 0.2) is 0 Å². The summed E-state index contributed by atoms with van der Waals surface area (Å²) in [4.78, 5) is 19.0. The lowest BCUT2D eigenvalue weighted by Crippen LogP contribution is -2.20. The third-order valence-electron chi connectivity index (χ3n) is 3.73. The zero-order chi connectivity index (χ0) is 18.2. The molecule has 3 aromatic rings. The van der Waals surface area contributed by atoms with Crippen LogP contribution in [0.2, 0.25) is 0 Å². The van der Waals surface area contributed by atoms with Crippen LogP contribution in [0.5, 0.6) is 0 Å². The van der Waals surface area contributed by atoms with Crippen LogP contribution >= 0.6 is 0 Å². The number of fused-ring (bicyclic) bond motifs is 1. The molecule has 6 nitrogen and oxygen atoms in total. The highest BCUT2D eigenvalue weighted by atomic mass is 19.4. The first-order chi connectivity index (χ1) is 11.8. The zero-order valence-corrected chi connectivity index (χ0v) is 12.8. The molecule has 0 saturated heterocycles. The fourth-order valence-electron chi connectivity index (χ4n) is 2.46. The van der Waals surface area contributed by atoms with Crippen LogP contribution in [-0.4, -0.2) is 37.5 Å². The van der Waals surface area contributed by atoms with E-state index in [-0.39, 0.29) is 23.4 Å². The summed E-state index contributed by atoms with van der Waals surface area (Å²) in [5, 5.41) is 18.8. The second kappa shape index (κ2) is 6.34. The minimum atomic E-state index is -4.45. The van der Waals surface area contributed by atoms with Gasteiger partial charge in [0.1, 0.15) is 11.5 Å². The molecule has 1 atom stereocenters. The van der Waals surface area contributed by atoms with E-state index in [2.05, 4.69) is 9.97 Å². The standard InChI is InChI=1S/C16H14F3N3O3/c17-16(18,19)10-3-1-9(2-4-10)13-20-14-12(15(25)21-13)5-6-22(14)7-11(24)8-23/h1-6,11,23-24H,7-8H2,(H,20,21,25). The van der Waals surface area contributed by atoms with E-state index < -0.39 is 30.0 Å². The third kappa shape index (κ3) is 3.42. The summed E-state index contributed by atoms with van der Waals surface area (Å²) >= 11 is 0. The predicted octanol–water partition coefficient (Wildman–Crippen LogP) is 1.76. The van der Waals surface area contributed by atoms with Crippen molar-refractivity contribution < 1.29 is 23.4 Å². The fraction of sp³-hybridized carbons (Fsp3) is 0.250. The third-order valence-corrected chi connectivity index (χ3v) is 3.73. The number of nitrogens with one attached hydrogen (secondary N) is 1. The molecule has 3 rings (SSSR count). The number of aliphatic hydroxyl groups is 2. The molecule has 0 aliphatic carbocycles. The Morgan fingerprint density at radius 1 is 1.20 bits per heavy atom. The van der Waals surface area contributed by atoms with Crippen LogP contribution in [0.3, 0.4) is 0 Å². The van der Waals surface area contributed by atoms with Gasteiger partial charge in [0.25, 0.3) is 5.56 Å². The molecule has 9 heteroatoms. The van der Waals surface area contributed by atoms with E-state index in [1.807, 2.05) is 0 Å². The van der Waals surface area contributed by atoms with Crippen molar-refractivity contribution in [2.24, 2.45) is 0 Å². The summed E-state index contributed by atoms with van der Waals surface area (Å²) in [6.45, 7) is -0.419. The average Bonchev–Trinajstić information content (AvgIpc) is 2.97. The van der Waals surface area contributed by atoms with Gasteiger partial charge in [-0.3, -0.25) is 4.79 Å². The monoisotopic (exact) mass is 353 g/mol. The summed E-state index contributed by atoms with van der Waals surface area (Å²) in [6, 6.07) is 5.79. The van der Waals surface area contributed by atoms with Gasteiger partial charge in [0.05, 0.1) is 30.2 Å². The molecule has 0 fully saturated rings. The number of benzene rings is 1. The summed E-state index contributed by atoms with van der Waals surface area (Å²) in [7, 11) is 0. The smallest absolute Gasteiger partial charge is 0.394 e. The number of aromatic amines is 1. The second-order valence-corrected chi connectivity index (χ2v) is 5.53. The van der Waals surface area contributed by atoms with Crippen molar-refractivity contribution in [3.8, 4) is 11.4 Å². The van der Waals surface area contributed by atoms with Crippen molar-refractivity contribution in [1.29, 1.82) is 0 Å². The summed E-state index contributed by atoms with van der Waals surface area (Å²) < 4.78 is 39.4. The number of aromatic nitrogens is 3. The Morgan fingerprint density at radius 2 is 1.88 bits per heavy atom. The van der Waals surface area contributed by atoms with Crippen LogP contribution in [0.25, 0.3) is 22.4 Å². The minimum Gasteiger partial charge on any atom is -0.394 e. The molecular weight excluding hydrogens is 339 g/mol. The number of nitrogens with zero attached hydrogens (tertiary/aromatic N) is 2. The van der Waals surface area contributed by atoms with Crippen molar-refractivity contribution in [2.45, 2.75) is 18.8 Å². The first-order valence-electron chi connectivity index (χ1n) is 7.35. The van der Waals surface area contributed by atoms with Crippen LogP contribution < -0.4 is 5.56 Å². The maximum Gasteiger partial charge on any atom is 0.416 e. The first-order valence-corrected chi connectivity index (χ1v) is 7.35. The highest BCUT2D eigenvalue weighted by Gasteiger charge is 2.30. The molecular formula is C16H14F3N3O3. The minimum absolute atomic E-state index is 0.0307. The molecule has 3 N–H and O–H groups in total. The summed E-state index contributed by atoms with van der Waals surface area (Å²) in [5.41, 5.74) is -0.653. The van der Waals surface area contributed by atoms with Gasteiger partial charge in [0, 0.05) is 11.8 Å². The number of alkyl halides is 3. The second-order valence-electron chi connectivity index (χ2n) is 5.53. The SMILES string of the molecule is O=c1[nH]c(-c2ccc(C(F)(F)F)cc2)nc2c1ccn2CC(O)CO. The molecule has 1 aromatic carbocycles.